The van der Waals surface area contributed by atoms with Gasteiger partial charge in [0.15, 0.2) is 6.10 Å². The second kappa shape index (κ2) is 3.04. The number of aliphatic hydroxyl groups excluding tert-OH is 2. The molecule has 13 heavy (non-hydrogen) atoms. The number of esters is 1. The molecular weight excluding hydrogens is 184 g/mol. The van der Waals surface area contributed by atoms with Gasteiger partial charge in [-0.3, -0.25) is 4.79 Å². The van der Waals surface area contributed by atoms with Crippen LogP contribution in [0, 0.1) is 0 Å². The lowest BCUT2D eigenvalue weighted by molar-refractivity contribution is -0.190. The zero-order valence-electron chi connectivity index (χ0n) is 6.38. The molecule has 1 fully saturated rings. The molecule has 1 rings (SSSR count). The molecule has 74 valence electrons. The smallest absolute Gasteiger partial charge is 0.375 e. The van der Waals surface area contributed by atoms with E-state index in [0.29, 0.717) is 0 Å². The summed E-state index contributed by atoms with van der Waals surface area (Å²) in [6.45, 7) is -0.820. The molecule has 0 saturated carbocycles. The first kappa shape index (κ1) is 10.1. The lowest BCUT2D eigenvalue weighted by atomic mass is 10.1. The normalized spacial score (nSPS) is 28.8. The van der Waals surface area contributed by atoms with Crippen LogP contribution in [-0.2, 0) is 14.3 Å². The second-order valence-corrected chi connectivity index (χ2v) is 2.61. The molecule has 0 aromatic rings. The summed E-state index contributed by atoms with van der Waals surface area (Å²) in [5.41, 5.74) is 0. The van der Waals surface area contributed by atoms with Gasteiger partial charge in [0.25, 0.3) is 0 Å². The van der Waals surface area contributed by atoms with Crippen LogP contribution in [-0.4, -0.2) is 56.8 Å². The van der Waals surface area contributed by atoms with E-state index < -0.39 is 36.4 Å². The summed E-state index contributed by atoms with van der Waals surface area (Å²) >= 11 is 0. The zero-order valence-corrected chi connectivity index (χ0v) is 6.38. The van der Waals surface area contributed by atoms with E-state index in [1.807, 2.05) is 0 Å². The molecule has 0 unspecified atom stereocenters. The lowest BCUT2D eigenvalue weighted by Gasteiger charge is -2.12. The Morgan fingerprint density at radius 2 is 2.00 bits per heavy atom. The maximum Gasteiger partial charge on any atom is 0.375 e. The minimum absolute atomic E-state index is 0.820. The van der Waals surface area contributed by atoms with Gasteiger partial charge in [0.05, 0.1) is 6.61 Å². The fourth-order valence-corrected chi connectivity index (χ4v) is 0.899. The van der Waals surface area contributed by atoms with Crippen molar-refractivity contribution in [2.45, 2.75) is 18.0 Å². The van der Waals surface area contributed by atoms with Crippen molar-refractivity contribution in [3.63, 3.8) is 0 Å². The number of hydrogen-bond donors (Lipinski definition) is 4. The summed E-state index contributed by atoms with van der Waals surface area (Å²) in [6, 6.07) is 0. The largest absolute Gasteiger partial charge is 0.447 e. The average molecular weight is 192 g/mol. The van der Waals surface area contributed by atoms with Crippen molar-refractivity contribution < 1.29 is 34.8 Å². The number of carbonyl (C=O) groups is 2. The molecule has 0 aromatic heterocycles. The Morgan fingerprint density at radius 1 is 1.46 bits per heavy atom. The Bertz CT molecular complexity index is 245. The average Bonchev–Trinajstić information content (AvgIpc) is 2.28. The first-order chi connectivity index (χ1) is 5.91. The molecule has 1 saturated heterocycles. The van der Waals surface area contributed by atoms with Gasteiger partial charge in [-0.25, -0.2) is 4.79 Å². The van der Waals surface area contributed by atoms with Crippen LogP contribution in [0.3, 0.4) is 0 Å². The molecule has 0 aliphatic carbocycles. The van der Waals surface area contributed by atoms with Crippen molar-refractivity contribution in [1.29, 1.82) is 0 Å². The highest BCUT2D eigenvalue weighted by molar-refractivity contribution is 6.12. The number of ether oxygens (including phenoxy) is 1. The van der Waals surface area contributed by atoms with Crippen LogP contribution in [0.15, 0.2) is 0 Å². The third-order valence-corrected chi connectivity index (χ3v) is 1.66. The van der Waals surface area contributed by atoms with E-state index >= 15 is 0 Å². The number of aliphatic hydroxyl groups is 4. The van der Waals surface area contributed by atoms with E-state index in [-0.39, 0.29) is 0 Å². The Balaban J connectivity index is 2.86. The van der Waals surface area contributed by atoms with Gasteiger partial charge in [-0.1, -0.05) is 0 Å². The van der Waals surface area contributed by atoms with Gasteiger partial charge >= 0.3 is 11.8 Å². The lowest BCUT2D eigenvalue weighted by Crippen LogP contribution is -2.45. The topological polar surface area (TPSA) is 124 Å². The Morgan fingerprint density at radius 3 is 2.31 bits per heavy atom. The van der Waals surface area contributed by atoms with Crippen molar-refractivity contribution in [3.8, 4) is 0 Å². The molecule has 7 nitrogen and oxygen atoms in total. The molecule has 0 amide bonds. The van der Waals surface area contributed by atoms with E-state index in [2.05, 4.69) is 4.74 Å². The predicted molar refractivity (Wildman–Crippen MR) is 35.1 cm³/mol. The maximum atomic E-state index is 10.9. The first-order valence-corrected chi connectivity index (χ1v) is 3.40. The highest BCUT2D eigenvalue weighted by Gasteiger charge is 2.57. The summed E-state index contributed by atoms with van der Waals surface area (Å²) < 4.78 is 4.14. The first-order valence-electron chi connectivity index (χ1n) is 3.40. The quantitative estimate of drug-likeness (QED) is 0.203. The van der Waals surface area contributed by atoms with Crippen molar-refractivity contribution >= 4 is 11.8 Å². The zero-order chi connectivity index (χ0) is 10.2. The standard InChI is InChI=1S/C6H8O7/c7-1-2(8)3-4(9)6(11,12)5(10)13-3/h2-3,7-8,11-12H,1H2/t2-,3+/m0/s1. The third-order valence-electron chi connectivity index (χ3n) is 1.66. The Hall–Kier alpha value is -1.02. The highest BCUT2D eigenvalue weighted by Crippen LogP contribution is 2.21. The van der Waals surface area contributed by atoms with Crippen molar-refractivity contribution in [2.24, 2.45) is 0 Å². The van der Waals surface area contributed by atoms with Crippen molar-refractivity contribution in [3.05, 3.63) is 0 Å². The number of Topliss-reactive ketones (excluding diaryl/α,β-unsaturated/α-hetero) is 1. The van der Waals surface area contributed by atoms with E-state index in [1.54, 1.807) is 0 Å². The van der Waals surface area contributed by atoms with E-state index in [4.69, 9.17) is 20.4 Å². The molecule has 0 spiro atoms. The van der Waals surface area contributed by atoms with Crippen LogP contribution in [0.5, 0.6) is 0 Å². The summed E-state index contributed by atoms with van der Waals surface area (Å²) in [7, 11) is 0. The molecular formula is C6H8O7. The molecule has 7 heteroatoms. The van der Waals surface area contributed by atoms with Gasteiger partial charge < -0.3 is 25.2 Å². The van der Waals surface area contributed by atoms with Gasteiger partial charge in [0.2, 0.25) is 5.78 Å². The van der Waals surface area contributed by atoms with Gasteiger partial charge in [-0.05, 0) is 0 Å². The van der Waals surface area contributed by atoms with Crippen LogP contribution in [0.25, 0.3) is 0 Å². The Labute approximate surface area is 72.2 Å². The van der Waals surface area contributed by atoms with Crippen LogP contribution in [0.4, 0.5) is 0 Å². The number of rotatable bonds is 2. The van der Waals surface area contributed by atoms with Crippen molar-refractivity contribution in [2.75, 3.05) is 6.61 Å². The SMILES string of the molecule is O=C1O[C@H]([C@@H](O)CO)C(=O)C1(O)O. The van der Waals surface area contributed by atoms with E-state index in [9.17, 15) is 9.59 Å². The summed E-state index contributed by atoms with van der Waals surface area (Å²) in [4.78, 5) is 21.5. The molecule has 4 N–H and O–H groups in total. The monoisotopic (exact) mass is 192 g/mol. The molecule has 1 heterocycles. The molecule has 1 aliphatic heterocycles. The Kier molecular flexibility index (Phi) is 2.35. The second-order valence-electron chi connectivity index (χ2n) is 2.61. The van der Waals surface area contributed by atoms with Crippen LogP contribution < -0.4 is 0 Å². The molecule has 0 radical (unpaired) electrons. The number of ketones is 1. The highest BCUT2D eigenvalue weighted by atomic mass is 16.6. The van der Waals surface area contributed by atoms with Crippen LogP contribution >= 0.6 is 0 Å². The van der Waals surface area contributed by atoms with Gasteiger partial charge in [-0.2, -0.15) is 0 Å². The molecule has 2 atom stereocenters. The van der Waals surface area contributed by atoms with Gasteiger partial charge in [0.1, 0.15) is 6.10 Å². The van der Waals surface area contributed by atoms with Gasteiger partial charge in [0, 0.05) is 0 Å². The summed E-state index contributed by atoms with van der Waals surface area (Å²) in [6.07, 6.45) is -3.36. The van der Waals surface area contributed by atoms with Crippen molar-refractivity contribution in [1.82, 2.24) is 0 Å². The van der Waals surface area contributed by atoms with Crippen LogP contribution in [0.2, 0.25) is 0 Å². The fourth-order valence-electron chi connectivity index (χ4n) is 0.899. The predicted octanol–water partition coefficient (Wildman–Crippen LogP) is -3.48. The molecule has 0 bridgehead atoms. The minimum Gasteiger partial charge on any atom is -0.447 e. The number of cyclic esters (lactones) is 1. The fraction of sp³-hybridized carbons (Fsp3) is 0.667. The third kappa shape index (κ3) is 1.42. The molecule has 1 aliphatic rings. The molecule has 0 aromatic carbocycles. The summed E-state index contributed by atoms with van der Waals surface area (Å²) in [5, 5.41) is 34.9. The van der Waals surface area contributed by atoms with Crippen LogP contribution in [0.1, 0.15) is 0 Å². The van der Waals surface area contributed by atoms with E-state index in [0.717, 1.165) is 0 Å². The van der Waals surface area contributed by atoms with Gasteiger partial charge in [-0.15, -0.1) is 0 Å². The number of hydrogen-bond acceptors (Lipinski definition) is 7. The number of carbonyl (C=O) groups excluding carboxylic acids is 2. The van der Waals surface area contributed by atoms with E-state index in [1.165, 1.54) is 0 Å². The maximum absolute atomic E-state index is 10.9. The summed E-state index contributed by atoms with van der Waals surface area (Å²) in [5.74, 6) is -6.13. The minimum atomic E-state index is -3.21.